The van der Waals surface area contributed by atoms with E-state index in [1.807, 2.05) is 50.2 Å². The summed E-state index contributed by atoms with van der Waals surface area (Å²) in [5.41, 5.74) is 2.46. The molecule has 0 bridgehead atoms. The molecular formula is C20H21N3O3. The zero-order valence-electron chi connectivity index (χ0n) is 14.9. The van der Waals surface area contributed by atoms with Gasteiger partial charge in [0.15, 0.2) is 0 Å². The molecule has 0 aliphatic rings. The van der Waals surface area contributed by atoms with Crippen molar-refractivity contribution in [1.29, 1.82) is 0 Å². The molecule has 0 atom stereocenters. The van der Waals surface area contributed by atoms with Crippen LogP contribution in [0.3, 0.4) is 0 Å². The molecule has 0 saturated carbocycles. The minimum atomic E-state index is -0.242. The zero-order valence-corrected chi connectivity index (χ0v) is 14.9. The number of pyridine rings is 1. The lowest BCUT2D eigenvalue weighted by Gasteiger charge is -2.08. The van der Waals surface area contributed by atoms with E-state index in [2.05, 4.69) is 15.0 Å². The Labute approximate surface area is 151 Å². The Bertz CT molecular complexity index is 903. The lowest BCUT2D eigenvalue weighted by molar-refractivity contribution is 0.295. The van der Waals surface area contributed by atoms with Gasteiger partial charge in [0.05, 0.1) is 12.8 Å². The molecule has 1 N–H and O–H groups in total. The maximum absolute atomic E-state index is 11.7. The molecule has 0 amide bonds. The molecule has 0 aliphatic heterocycles. The van der Waals surface area contributed by atoms with Gasteiger partial charge in [-0.05, 0) is 43.2 Å². The van der Waals surface area contributed by atoms with E-state index in [0.717, 1.165) is 17.0 Å². The van der Waals surface area contributed by atoms with Crippen LogP contribution < -0.4 is 15.0 Å². The molecule has 0 radical (unpaired) electrons. The first-order chi connectivity index (χ1) is 12.6. The van der Waals surface area contributed by atoms with Gasteiger partial charge in [-0.2, -0.15) is 4.98 Å². The van der Waals surface area contributed by atoms with Crippen LogP contribution in [0.1, 0.15) is 23.7 Å². The van der Waals surface area contributed by atoms with Crippen molar-refractivity contribution in [1.82, 2.24) is 15.0 Å². The summed E-state index contributed by atoms with van der Waals surface area (Å²) in [5, 5.41) is 0. The lowest BCUT2D eigenvalue weighted by Crippen LogP contribution is -2.15. The first kappa shape index (κ1) is 17.7. The van der Waals surface area contributed by atoms with Crippen LogP contribution in [0.4, 0.5) is 0 Å². The number of hydrogen-bond donors (Lipinski definition) is 1. The highest BCUT2D eigenvalue weighted by Crippen LogP contribution is 2.21. The Morgan fingerprint density at radius 3 is 2.50 bits per heavy atom. The molecule has 0 saturated heterocycles. The highest BCUT2D eigenvalue weighted by molar-refractivity contribution is 5.32. The van der Waals surface area contributed by atoms with Gasteiger partial charge in [0.2, 0.25) is 0 Å². The van der Waals surface area contributed by atoms with E-state index in [1.165, 1.54) is 0 Å². The molecule has 1 aromatic carbocycles. The number of aromatic amines is 1. The van der Waals surface area contributed by atoms with E-state index < -0.39 is 0 Å². The number of nitrogens with one attached hydrogen (secondary N) is 1. The fourth-order valence-electron chi connectivity index (χ4n) is 2.37. The average Bonchev–Trinajstić information content (AvgIpc) is 2.65. The van der Waals surface area contributed by atoms with E-state index in [9.17, 15) is 4.79 Å². The SMILES string of the molecule is CCc1c[nH]c(OCCc2ccc(Oc3ccc(C)nc3)cc2)nc1=O. The van der Waals surface area contributed by atoms with Crippen molar-refractivity contribution < 1.29 is 9.47 Å². The number of benzene rings is 1. The molecule has 0 fully saturated rings. The van der Waals surface area contributed by atoms with Crippen LogP contribution in [0.5, 0.6) is 17.5 Å². The minimum Gasteiger partial charge on any atom is -0.464 e. The van der Waals surface area contributed by atoms with E-state index in [4.69, 9.17) is 9.47 Å². The van der Waals surface area contributed by atoms with Gasteiger partial charge in [-0.25, -0.2) is 0 Å². The Morgan fingerprint density at radius 1 is 1.08 bits per heavy atom. The van der Waals surface area contributed by atoms with Crippen LogP contribution in [-0.4, -0.2) is 21.6 Å². The summed E-state index contributed by atoms with van der Waals surface area (Å²) in [7, 11) is 0. The van der Waals surface area contributed by atoms with E-state index >= 15 is 0 Å². The van der Waals surface area contributed by atoms with Crippen LogP contribution in [0.2, 0.25) is 0 Å². The predicted molar refractivity (Wildman–Crippen MR) is 98.9 cm³/mol. The van der Waals surface area contributed by atoms with Crippen molar-refractivity contribution in [2.45, 2.75) is 26.7 Å². The third kappa shape index (κ3) is 4.69. The van der Waals surface area contributed by atoms with Crippen molar-refractivity contribution in [2.24, 2.45) is 0 Å². The number of H-pyrrole nitrogens is 1. The normalized spacial score (nSPS) is 10.5. The number of rotatable bonds is 7. The second-order valence-corrected chi connectivity index (χ2v) is 5.87. The maximum Gasteiger partial charge on any atom is 0.296 e. The predicted octanol–water partition coefficient (Wildman–Crippen LogP) is 3.45. The van der Waals surface area contributed by atoms with Gasteiger partial charge < -0.3 is 14.5 Å². The van der Waals surface area contributed by atoms with Gasteiger partial charge in [-0.1, -0.05) is 19.1 Å². The number of hydrogen-bond acceptors (Lipinski definition) is 5. The van der Waals surface area contributed by atoms with Crippen LogP contribution in [-0.2, 0) is 12.8 Å². The molecule has 3 aromatic rings. The van der Waals surface area contributed by atoms with Gasteiger partial charge in [-0.3, -0.25) is 9.78 Å². The van der Waals surface area contributed by atoms with Gasteiger partial charge in [0.25, 0.3) is 11.6 Å². The first-order valence-electron chi connectivity index (χ1n) is 8.55. The van der Waals surface area contributed by atoms with Crippen molar-refractivity contribution in [3.05, 3.63) is 76.0 Å². The molecular weight excluding hydrogens is 330 g/mol. The second kappa shape index (κ2) is 8.29. The quantitative estimate of drug-likeness (QED) is 0.705. The molecule has 0 spiro atoms. The smallest absolute Gasteiger partial charge is 0.296 e. The highest BCUT2D eigenvalue weighted by Gasteiger charge is 2.03. The standard InChI is InChI=1S/C20H21N3O3/c1-3-16-12-22-20(23-19(16)24)25-11-10-15-5-8-17(9-6-15)26-18-7-4-14(2)21-13-18/h4-9,12-13H,3,10-11H2,1-2H3,(H,22,23,24). The van der Waals surface area contributed by atoms with Crippen molar-refractivity contribution in [3.8, 4) is 17.5 Å². The van der Waals surface area contributed by atoms with Crippen LogP contribution in [0, 0.1) is 6.92 Å². The first-order valence-corrected chi connectivity index (χ1v) is 8.55. The summed E-state index contributed by atoms with van der Waals surface area (Å²) in [5.74, 6) is 1.46. The monoisotopic (exact) mass is 351 g/mol. The summed E-state index contributed by atoms with van der Waals surface area (Å²) in [4.78, 5) is 22.7. The minimum absolute atomic E-state index is 0.242. The Kier molecular flexibility index (Phi) is 5.63. The molecule has 6 heteroatoms. The summed E-state index contributed by atoms with van der Waals surface area (Å²) >= 11 is 0. The van der Waals surface area contributed by atoms with Crippen molar-refractivity contribution in [2.75, 3.05) is 6.61 Å². The number of aromatic nitrogens is 3. The fourth-order valence-corrected chi connectivity index (χ4v) is 2.37. The topological polar surface area (TPSA) is 77.1 Å². The van der Waals surface area contributed by atoms with E-state index in [1.54, 1.807) is 12.4 Å². The van der Waals surface area contributed by atoms with Gasteiger partial charge >= 0.3 is 0 Å². The zero-order chi connectivity index (χ0) is 18.4. The largest absolute Gasteiger partial charge is 0.464 e. The fraction of sp³-hybridized carbons (Fsp3) is 0.250. The Hall–Kier alpha value is -3.15. The number of nitrogens with zero attached hydrogens (tertiary/aromatic N) is 2. The summed E-state index contributed by atoms with van der Waals surface area (Å²) < 4.78 is 11.3. The highest BCUT2D eigenvalue weighted by atomic mass is 16.5. The van der Waals surface area contributed by atoms with Gasteiger partial charge in [0.1, 0.15) is 11.5 Å². The third-order valence-electron chi connectivity index (χ3n) is 3.90. The van der Waals surface area contributed by atoms with Crippen molar-refractivity contribution in [3.63, 3.8) is 0 Å². The number of aryl methyl sites for hydroxylation is 2. The molecule has 0 unspecified atom stereocenters. The summed E-state index contributed by atoms with van der Waals surface area (Å²) in [6, 6.07) is 11.8. The Morgan fingerprint density at radius 2 is 1.85 bits per heavy atom. The molecule has 2 aromatic heterocycles. The molecule has 134 valence electrons. The van der Waals surface area contributed by atoms with Gasteiger partial charge in [0, 0.05) is 23.9 Å². The average molecular weight is 351 g/mol. The molecule has 6 nitrogen and oxygen atoms in total. The second-order valence-electron chi connectivity index (χ2n) is 5.87. The van der Waals surface area contributed by atoms with Crippen LogP contribution in [0.25, 0.3) is 0 Å². The maximum atomic E-state index is 11.7. The molecule has 2 heterocycles. The molecule has 0 aliphatic carbocycles. The van der Waals surface area contributed by atoms with Crippen LogP contribution >= 0.6 is 0 Å². The molecule has 26 heavy (non-hydrogen) atoms. The summed E-state index contributed by atoms with van der Waals surface area (Å²) in [6.07, 6.45) is 4.70. The number of ether oxygens (including phenoxy) is 2. The van der Waals surface area contributed by atoms with Crippen molar-refractivity contribution >= 4 is 0 Å². The molecule has 3 rings (SSSR count). The van der Waals surface area contributed by atoms with Crippen LogP contribution in [0.15, 0.2) is 53.6 Å². The van der Waals surface area contributed by atoms with E-state index in [-0.39, 0.29) is 11.6 Å². The Balaban J connectivity index is 1.52. The van der Waals surface area contributed by atoms with Gasteiger partial charge in [-0.15, -0.1) is 0 Å². The summed E-state index contributed by atoms with van der Waals surface area (Å²) in [6.45, 7) is 4.27. The third-order valence-corrected chi connectivity index (χ3v) is 3.90. The van der Waals surface area contributed by atoms with E-state index in [0.29, 0.717) is 30.8 Å². The lowest BCUT2D eigenvalue weighted by atomic mass is 10.1.